The van der Waals surface area contributed by atoms with Crippen molar-refractivity contribution in [3.8, 4) is 11.1 Å². The third-order valence-electron chi connectivity index (χ3n) is 1.88. The molecule has 0 fully saturated rings. The first-order chi connectivity index (χ1) is 6.97. The van der Waals surface area contributed by atoms with Crippen LogP contribution in [-0.4, -0.2) is 4.89 Å². The van der Waals surface area contributed by atoms with Crippen molar-refractivity contribution < 1.29 is 4.89 Å². The van der Waals surface area contributed by atoms with Gasteiger partial charge in [0.1, 0.15) is 0 Å². The van der Waals surface area contributed by atoms with Gasteiger partial charge in [-0.15, -0.1) is 0 Å². The average Bonchev–Trinajstić information content (AvgIpc) is 2.34. The quantitative estimate of drug-likeness (QED) is 0.707. The number of rotatable bonds is 1. The molecule has 2 aromatic carbocycles. The van der Waals surface area contributed by atoms with Crippen molar-refractivity contribution in [1.82, 2.24) is 0 Å². The lowest BCUT2D eigenvalue weighted by molar-refractivity contribution is 0.664. The Morgan fingerprint density at radius 1 is 0.571 bits per heavy atom. The first-order valence-corrected chi connectivity index (χ1v) is 4.85. The van der Waals surface area contributed by atoms with Gasteiger partial charge in [0.2, 0.25) is 0 Å². The van der Waals surface area contributed by atoms with Gasteiger partial charge >= 0.3 is 0 Å². The van der Waals surface area contributed by atoms with Crippen molar-refractivity contribution in [1.29, 1.82) is 0 Å². The molecule has 2 aromatic rings. The van der Waals surface area contributed by atoms with Gasteiger partial charge < -0.3 is 4.89 Å². The van der Waals surface area contributed by atoms with Gasteiger partial charge in [0.25, 0.3) is 0 Å². The summed E-state index contributed by atoms with van der Waals surface area (Å²) in [6.45, 7) is 0. The summed E-state index contributed by atoms with van der Waals surface area (Å²) in [6.07, 6.45) is 0. The summed E-state index contributed by atoms with van der Waals surface area (Å²) < 4.78 is 0. The fourth-order valence-electron chi connectivity index (χ4n) is 1.26. The van der Waals surface area contributed by atoms with Crippen LogP contribution in [0.25, 0.3) is 11.1 Å². The van der Waals surface area contributed by atoms with Crippen molar-refractivity contribution in [2.24, 2.45) is 0 Å². The van der Waals surface area contributed by atoms with Crippen molar-refractivity contribution in [2.75, 3.05) is 0 Å². The van der Waals surface area contributed by atoms with Crippen LogP contribution in [0.4, 0.5) is 0 Å². The number of hydrogen-bond donors (Lipinski definition) is 1. The zero-order chi connectivity index (χ0) is 10.2. The van der Waals surface area contributed by atoms with Gasteiger partial charge in [0.15, 0.2) is 0 Å². The molecule has 2 rings (SSSR count). The monoisotopic (exact) mass is 204 g/mol. The molecular formula is C12H13OP. The molecule has 0 aromatic heterocycles. The zero-order valence-corrected chi connectivity index (χ0v) is 8.95. The van der Waals surface area contributed by atoms with Gasteiger partial charge in [-0.25, -0.2) is 0 Å². The van der Waals surface area contributed by atoms with Crippen LogP contribution in [0.15, 0.2) is 60.7 Å². The molecule has 0 radical (unpaired) electrons. The van der Waals surface area contributed by atoms with E-state index >= 15 is 0 Å². The highest BCUT2D eigenvalue weighted by molar-refractivity contribution is 7.08. The highest BCUT2D eigenvalue weighted by Crippen LogP contribution is 2.17. The maximum Gasteiger partial charge on any atom is -0.00391 e. The fraction of sp³-hybridized carbons (Fsp3) is 0. The second-order valence-corrected chi connectivity index (χ2v) is 2.73. The lowest BCUT2D eigenvalue weighted by Gasteiger charge is -1.98. The van der Waals surface area contributed by atoms with E-state index in [0.717, 1.165) is 0 Å². The smallest absolute Gasteiger partial charge is 0.00391 e. The van der Waals surface area contributed by atoms with E-state index in [1.165, 1.54) is 20.6 Å². The van der Waals surface area contributed by atoms with Crippen LogP contribution in [0.3, 0.4) is 0 Å². The molecule has 0 amide bonds. The average molecular weight is 204 g/mol. The molecule has 0 saturated heterocycles. The lowest BCUT2D eigenvalue weighted by atomic mass is 10.1. The molecule has 0 aliphatic heterocycles. The predicted octanol–water partition coefficient (Wildman–Crippen LogP) is 3.12. The molecule has 1 nitrogen and oxygen atoms in total. The van der Waals surface area contributed by atoms with Gasteiger partial charge in [-0.2, -0.15) is 0 Å². The van der Waals surface area contributed by atoms with Crippen molar-refractivity contribution in [3.63, 3.8) is 0 Å². The SMILES string of the molecule is OP.c1ccc(-c2ccccc2)cc1. The summed E-state index contributed by atoms with van der Waals surface area (Å²) in [7, 11) is 1.42. The molecule has 0 bridgehead atoms. The van der Waals surface area contributed by atoms with E-state index in [1.54, 1.807) is 0 Å². The van der Waals surface area contributed by atoms with Crippen LogP contribution in [0, 0.1) is 0 Å². The molecule has 0 aliphatic rings. The van der Waals surface area contributed by atoms with Gasteiger partial charge in [0.05, 0.1) is 0 Å². The Bertz CT molecular complexity index is 308. The van der Waals surface area contributed by atoms with Crippen molar-refractivity contribution in [3.05, 3.63) is 60.7 Å². The molecule has 0 aliphatic carbocycles. The Hall–Kier alpha value is -1.17. The normalized spacial score (nSPS) is 8.71. The van der Waals surface area contributed by atoms with Crippen LogP contribution < -0.4 is 0 Å². The second-order valence-electron chi connectivity index (χ2n) is 2.73. The highest BCUT2D eigenvalue weighted by Gasteiger charge is 1.91. The molecule has 1 unspecified atom stereocenters. The van der Waals surface area contributed by atoms with Crippen molar-refractivity contribution >= 4 is 9.47 Å². The third kappa shape index (κ3) is 2.95. The van der Waals surface area contributed by atoms with Crippen LogP contribution in [-0.2, 0) is 0 Å². The van der Waals surface area contributed by atoms with E-state index in [0.29, 0.717) is 0 Å². The Morgan fingerprint density at radius 3 is 1.14 bits per heavy atom. The predicted molar refractivity (Wildman–Crippen MR) is 63.8 cm³/mol. The molecule has 0 spiro atoms. The summed E-state index contributed by atoms with van der Waals surface area (Å²) in [5.74, 6) is 0. The van der Waals surface area contributed by atoms with E-state index in [1.807, 2.05) is 12.1 Å². The van der Waals surface area contributed by atoms with Crippen LogP contribution in [0.2, 0.25) is 0 Å². The Labute approximate surface area is 86.7 Å². The minimum absolute atomic E-state index is 1.28. The third-order valence-corrected chi connectivity index (χ3v) is 1.88. The molecule has 0 heterocycles. The summed E-state index contributed by atoms with van der Waals surface area (Å²) in [4.78, 5) is 6.92. The minimum atomic E-state index is 1.28. The maximum absolute atomic E-state index is 6.92. The van der Waals surface area contributed by atoms with Crippen LogP contribution >= 0.6 is 9.47 Å². The molecule has 14 heavy (non-hydrogen) atoms. The fourth-order valence-corrected chi connectivity index (χ4v) is 1.26. The van der Waals surface area contributed by atoms with Crippen molar-refractivity contribution in [2.45, 2.75) is 0 Å². The summed E-state index contributed by atoms with van der Waals surface area (Å²) in [5, 5.41) is 0. The number of benzene rings is 2. The number of hydrogen-bond acceptors (Lipinski definition) is 1. The second kappa shape index (κ2) is 6.31. The molecule has 72 valence electrons. The lowest BCUT2D eigenvalue weighted by Crippen LogP contribution is -1.73. The summed E-state index contributed by atoms with van der Waals surface area (Å²) in [6, 6.07) is 20.8. The summed E-state index contributed by atoms with van der Waals surface area (Å²) >= 11 is 0. The molecule has 1 atom stereocenters. The Morgan fingerprint density at radius 2 is 0.857 bits per heavy atom. The van der Waals surface area contributed by atoms with E-state index in [-0.39, 0.29) is 0 Å². The van der Waals surface area contributed by atoms with Crippen LogP contribution in [0.1, 0.15) is 0 Å². The standard InChI is InChI=1S/C12H10.H3OP/c1-3-7-11(8-4-1)12-9-5-2-6-10-12;1-2/h1-10H;1H,2H2. The topological polar surface area (TPSA) is 20.2 Å². The first kappa shape index (κ1) is 10.9. The van der Waals surface area contributed by atoms with Gasteiger partial charge in [-0.3, -0.25) is 0 Å². The van der Waals surface area contributed by atoms with Crippen LogP contribution in [0.5, 0.6) is 0 Å². The van der Waals surface area contributed by atoms with Gasteiger partial charge in [-0.05, 0) is 20.6 Å². The van der Waals surface area contributed by atoms with E-state index in [2.05, 4.69) is 48.5 Å². The molecule has 2 heteroatoms. The van der Waals surface area contributed by atoms with Gasteiger partial charge in [0, 0.05) is 0 Å². The molecule has 0 saturated carbocycles. The molecule has 1 N–H and O–H groups in total. The first-order valence-electron chi connectivity index (χ1n) is 4.33. The highest BCUT2D eigenvalue weighted by atomic mass is 31.0. The van der Waals surface area contributed by atoms with E-state index < -0.39 is 0 Å². The maximum atomic E-state index is 6.92. The Kier molecular flexibility index (Phi) is 4.92. The summed E-state index contributed by atoms with van der Waals surface area (Å²) in [5.41, 5.74) is 2.55. The zero-order valence-electron chi connectivity index (χ0n) is 7.80. The Balaban J connectivity index is 0.000000461. The molecular weight excluding hydrogens is 191 g/mol. The minimum Gasteiger partial charge on any atom is -0.380 e. The van der Waals surface area contributed by atoms with E-state index in [4.69, 9.17) is 4.89 Å². The largest absolute Gasteiger partial charge is 0.380 e. The van der Waals surface area contributed by atoms with Gasteiger partial charge in [-0.1, -0.05) is 60.7 Å². The van der Waals surface area contributed by atoms with E-state index in [9.17, 15) is 0 Å².